The Morgan fingerprint density at radius 2 is 0.750 bits per heavy atom. The number of rotatable bonds is 0. The van der Waals surface area contributed by atoms with E-state index in [0.29, 0.717) is 0 Å². The molecule has 0 aromatic heterocycles. The van der Waals surface area contributed by atoms with Crippen molar-refractivity contribution in [3.8, 4) is 0 Å². The zero-order valence-electron chi connectivity index (χ0n) is 8.13. The molecule has 0 bridgehead atoms. The Balaban J connectivity index is -0.0000000800. The van der Waals surface area contributed by atoms with E-state index in [4.69, 9.17) is 0 Å². The van der Waals surface area contributed by atoms with E-state index in [1.807, 2.05) is 0 Å². The summed E-state index contributed by atoms with van der Waals surface area (Å²) in [5.74, 6) is -0.241. The second kappa shape index (κ2) is 13.8. The molecule has 0 heterocycles. The number of hydrogen-bond donors (Lipinski definition) is 0. The second-order valence-electron chi connectivity index (χ2n) is 1.47. The maximum Gasteiger partial charge on any atom is 0.178 e. The zero-order chi connectivity index (χ0) is 5.98. The van der Waals surface area contributed by atoms with Gasteiger partial charge >= 0.3 is 0 Å². The molecule has 0 aliphatic heterocycles. The Bertz CT molecular complexity index is 160. The third-order valence-corrected chi connectivity index (χ3v) is 0.824. The molecule has 12 heavy (non-hydrogen) atoms. The SMILES string of the molecule is O=C1C=CC(=O)C=C1.[Na].[Na].[Na].[Na]. The first kappa shape index (κ1) is 24.2. The van der Waals surface area contributed by atoms with Gasteiger partial charge in [0.1, 0.15) is 0 Å². The van der Waals surface area contributed by atoms with Gasteiger partial charge in [0.15, 0.2) is 11.6 Å². The number of carbonyl (C=O) groups excluding carboxylic acids is 2. The molecule has 1 aliphatic rings. The summed E-state index contributed by atoms with van der Waals surface area (Å²) in [6, 6.07) is 0. The van der Waals surface area contributed by atoms with Crippen molar-refractivity contribution in [2.75, 3.05) is 0 Å². The van der Waals surface area contributed by atoms with Crippen LogP contribution in [0.15, 0.2) is 24.3 Å². The van der Waals surface area contributed by atoms with Crippen LogP contribution in [0, 0.1) is 0 Å². The van der Waals surface area contributed by atoms with Gasteiger partial charge in [-0.2, -0.15) is 0 Å². The molecular weight excluding hydrogens is 196 g/mol. The molecule has 0 atom stereocenters. The van der Waals surface area contributed by atoms with Gasteiger partial charge in [-0.1, -0.05) is 0 Å². The largest absolute Gasteiger partial charge is 0.290 e. The van der Waals surface area contributed by atoms with Crippen molar-refractivity contribution in [3.63, 3.8) is 0 Å². The number of allylic oxidation sites excluding steroid dienone is 4. The average molecular weight is 200 g/mol. The molecule has 0 N–H and O–H groups in total. The summed E-state index contributed by atoms with van der Waals surface area (Å²) in [5, 5.41) is 0. The molecule has 0 aromatic rings. The predicted molar refractivity (Wildman–Crippen MR) is 51.3 cm³/mol. The molecule has 0 amide bonds. The van der Waals surface area contributed by atoms with Gasteiger partial charge in [-0.25, -0.2) is 0 Å². The van der Waals surface area contributed by atoms with Gasteiger partial charge in [0.2, 0.25) is 0 Å². The van der Waals surface area contributed by atoms with Crippen molar-refractivity contribution in [2.45, 2.75) is 0 Å². The Morgan fingerprint density at radius 3 is 0.917 bits per heavy atom. The predicted octanol–water partition coefficient (Wildman–Crippen LogP) is -1.27. The first-order valence-electron chi connectivity index (χ1n) is 2.23. The fourth-order valence-corrected chi connectivity index (χ4v) is 0.440. The van der Waals surface area contributed by atoms with Gasteiger partial charge in [0, 0.05) is 118 Å². The van der Waals surface area contributed by atoms with E-state index >= 15 is 0 Å². The van der Waals surface area contributed by atoms with Crippen molar-refractivity contribution in [3.05, 3.63) is 24.3 Å². The monoisotopic (exact) mass is 200 g/mol. The van der Waals surface area contributed by atoms with Crippen molar-refractivity contribution in [1.82, 2.24) is 0 Å². The number of carbonyl (C=O) groups is 2. The molecule has 0 saturated heterocycles. The normalized spacial score (nSPS) is 11.7. The van der Waals surface area contributed by atoms with Gasteiger partial charge in [0.05, 0.1) is 0 Å². The van der Waals surface area contributed by atoms with Crippen LogP contribution in [0.2, 0.25) is 0 Å². The molecule has 2 nitrogen and oxygen atoms in total. The van der Waals surface area contributed by atoms with E-state index in [1.165, 1.54) is 24.3 Å². The minimum atomic E-state index is -0.121. The summed E-state index contributed by atoms with van der Waals surface area (Å²) in [7, 11) is 0. The van der Waals surface area contributed by atoms with Crippen LogP contribution in [0.5, 0.6) is 0 Å². The fourth-order valence-electron chi connectivity index (χ4n) is 0.440. The van der Waals surface area contributed by atoms with Crippen molar-refractivity contribution < 1.29 is 9.59 Å². The zero-order valence-corrected chi connectivity index (χ0v) is 16.1. The van der Waals surface area contributed by atoms with Gasteiger partial charge in [-0.15, -0.1) is 0 Å². The summed E-state index contributed by atoms with van der Waals surface area (Å²) in [6.07, 6.45) is 5.01. The minimum Gasteiger partial charge on any atom is -0.290 e. The van der Waals surface area contributed by atoms with E-state index < -0.39 is 0 Å². The molecule has 0 fully saturated rings. The first-order valence-corrected chi connectivity index (χ1v) is 2.23. The molecule has 0 unspecified atom stereocenters. The molecule has 1 aliphatic carbocycles. The molecule has 44 valence electrons. The van der Waals surface area contributed by atoms with Gasteiger partial charge in [-0.05, 0) is 24.3 Å². The summed E-state index contributed by atoms with van der Waals surface area (Å²) in [6.45, 7) is 0. The number of ketones is 2. The average Bonchev–Trinajstić information content (AvgIpc) is 1.77. The molecular formula is C6H4Na4O2. The van der Waals surface area contributed by atoms with Crippen LogP contribution in [0.25, 0.3) is 0 Å². The van der Waals surface area contributed by atoms with E-state index in [9.17, 15) is 9.59 Å². The standard InChI is InChI=1S/C6H4O2.4Na/c7-5-1-2-6(8)4-3-5;;;;/h1-4H;;;;. The van der Waals surface area contributed by atoms with Crippen LogP contribution in [0.1, 0.15) is 0 Å². The van der Waals surface area contributed by atoms with E-state index in [1.54, 1.807) is 0 Å². The van der Waals surface area contributed by atoms with Crippen LogP contribution in [-0.4, -0.2) is 130 Å². The first-order chi connectivity index (χ1) is 3.79. The van der Waals surface area contributed by atoms with Crippen LogP contribution >= 0.6 is 0 Å². The van der Waals surface area contributed by atoms with Gasteiger partial charge < -0.3 is 0 Å². The summed E-state index contributed by atoms with van der Waals surface area (Å²) < 4.78 is 0. The summed E-state index contributed by atoms with van der Waals surface area (Å²) >= 11 is 0. The third kappa shape index (κ3) is 10.9. The molecule has 4 radical (unpaired) electrons. The smallest absolute Gasteiger partial charge is 0.178 e. The van der Waals surface area contributed by atoms with Crippen molar-refractivity contribution in [1.29, 1.82) is 0 Å². The van der Waals surface area contributed by atoms with Crippen LogP contribution in [-0.2, 0) is 9.59 Å². The van der Waals surface area contributed by atoms with E-state index in [0.717, 1.165) is 0 Å². The molecule has 1 rings (SSSR count). The van der Waals surface area contributed by atoms with Crippen LogP contribution in [0.4, 0.5) is 0 Å². The quantitative estimate of drug-likeness (QED) is 0.361. The van der Waals surface area contributed by atoms with Crippen LogP contribution in [0.3, 0.4) is 0 Å². The minimum absolute atomic E-state index is 0. The Labute approximate surface area is 160 Å². The molecule has 0 aromatic carbocycles. The second-order valence-corrected chi connectivity index (χ2v) is 1.47. The molecule has 6 heteroatoms. The maximum atomic E-state index is 10.3. The van der Waals surface area contributed by atoms with Gasteiger partial charge in [-0.3, -0.25) is 9.59 Å². The van der Waals surface area contributed by atoms with E-state index in [2.05, 4.69) is 0 Å². The fraction of sp³-hybridized carbons (Fsp3) is 0. The Morgan fingerprint density at radius 1 is 0.583 bits per heavy atom. The Hall–Kier alpha value is 2.82. The maximum absolute atomic E-state index is 10.3. The van der Waals surface area contributed by atoms with Crippen molar-refractivity contribution >= 4 is 130 Å². The molecule has 0 saturated carbocycles. The summed E-state index contributed by atoms with van der Waals surface area (Å²) in [4.78, 5) is 20.6. The van der Waals surface area contributed by atoms with Gasteiger partial charge in [0.25, 0.3) is 0 Å². The third-order valence-electron chi connectivity index (χ3n) is 0.824. The van der Waals surface area contributed by atoms with Crippen molar-refractivity contribution in [2.24, 2.45) is 0 Å². The number of hydrogen-bond acceptors (Lipinski definition) is 2. The topological polar surface area (TPSA) is 34.1 Å². The van der Waals surface area contributed by atoms with E-state index in [-0.39, 0.29) is 130 Å². The molecule has 0 spiro atoms. The van der Waals surface area contributed by atoms with Crippen LogP contribution < -0.4 is 0 Å². The Kier molecular flexibility index (Phi) is 27.8. The summed E-state index contributed by atoms with van der Waals surface area (Å²) in [5.41, 5.74) is 0.